The summed E-state index contributed by atoms with van der Waals surface area (Å²) < 4.78 is 0. The van der Waals surface area contributed by atoms with Crippen LogP contribution in [-0.2, 0) is 0 Å². The van der Waals surface area contributed by atoms with Gasteiger partial charge in [-0.05, 0) is 18.2 Å². The van der Waals surface area contributed by atoms with E-state index in [4.69, 9.17) is 0 Å². The zero-order valence-corrected chi connectivity index (χ0v) is 7.94. The van der Waals surface area contributed by atoms with Crippen LogP contribution in [0.3, 0.4) is 0 Å². The van der Waals surface area contributed by atoms with Gasteiger partial charge in [-0.25, -0.2) is 4.98 Å². The molecule has 1 radical (unpaired) electrons. The molecular formula is C12H8N3. The summed E-state index contributed by atoms with van der Waals surface area (Å²) in [6, 6.07) is 7.86. The van der Waals surface area contributed by atoms with E-state index in [0.717, 1.165) is 22.2 Å². The van der Waals surface area contributed by atoms with Gasteiger partial charge >= 0.3 is 0 Å². The van der Waals surface area contributed by atoms with Crippen molar-refractivity contribution < 1.29 is 0 Å². The second-order valence-electron chi connectivity index (χ2n) is 3.26. The molecule has 3 heteroatoms. The molecule has 71 valence electrons. The Labute approximate surface area is 86.8 Å². The average Bonchev–Trinajstić information content (AvgIpc) is 2.74. The largest absolute Gasteiger partial charge is 0.346 e. The number of fused-ring (bicyclic) bond motifs is 1. The van der Waals surface area contributed by atoms with E-state index >= 15 is 0 Å². The number of nitrogens with one attached hydrogen (secondary N) is 1. The van der Waals surface area contributed by atoms with Gasteiger partial charge in [0.2, 0.25) is 0 Å². The predicted octanol–water partition coefficient (Wildman–Crippen LogP) is 2.43. The van der Waals surface area contributed by atoms with E-state index in [1.165, 1.54) is 0 Å². The van der Waals surface area contributed by atoms with E-state index in [9.17, 15) is 0 Å². The van der Waals surface area contributed by atoms with Gasteiger partial charge in [0.25, 0.3) is 0 Å². The third-order valence-electron chi connectivity index (χ3n) is 2.35. The Balaban J connectivity index is 2.28. The van der Waals surface area contributed by atoms with Crippen LogP contribution in [0.1, 0.15) is 0 Å². The lowest BCUT2D eigenvalue weighted by Gasteiger charge is -1.96. The summed E-state index contributed by atoms with van der Waals surface area (Å²) in [5.41, 5.74) is 2.97. The number of nitrogens with zero attached hydrogens (tertiary/aromatic N) is 2. The molecule has 3 nitrogen and oxygen atoms in total. The topological polar surface area (TPSA) is 41.6 Å². The highest BCUT2D eigenvalue weighted by molar-refractivity contribution is 5.92. The van der Waals surface area contributed by atoms with Crippen molar-refractivity contribution in [1.29, 1.82) is 0 Å². The van der Waals surface area contributed by atoms with E-state index in [2.05, 4.69) is 21.1 Å². The Morgan fingerprint density at radius 1 is 1.13 bits per heavy atom. The molecule has 0 saturated carbocycles. The van der Waals surface area contributed by atoms with Crippen LogP contribution >= 0.6 is 0 Å². The molecule has 0 saturated heterocycles. The van der Waals surface area contributed by atoms with Gasteiger partial charge in [-0.15, -0.1) is 0 Å². The first-order valence-corrected chi connectivity index (χ1v) is 4.70. The smallest absolute Gasteiger partial charge is 0.137 e. The van der Waals surface area contributed by atoms with Gasteiger partial charge in [-0.2, -0.15) is 0 Å². The Bertz CT molecular complexity index is 584. The maximum Gasteiger partial charge on any atom is 0.137 e. The normalized spacial score (nSPS) is 10.7. The van der Waals surface area contributed by atoms with Crippen LogP contribution in [0.15, 0.2) is 42.9 Å². The van der Waals surface area contributed by atoms with Crippen LogP contribution in [0.2, 0.25) is 0 Å². The summed E-state index contributed by atoms with van der Waals surface area (Å²) in [4.78, 5) is 11.4. The molecule has 0 amide bonds. The molecule has 0 aliphatic rings. The average molecular weight is 194 g/mol. The maximum absolute atomic E-state index is 4.24. The van der Waals surface area contributed by atoms with Crippen LogP contribution < -0.4 is 0 Å². The lowest BCUT2D eigenvalue weighted by molar-refractivity contribution is 1.31. The SMILES string of the molecule is [c]1ncccc1-c1c[nH]c2ncccc12. The molecular weight excluding hydrogens is 186 g/mol. The molecule has 3 rings (SSSR count). The molecule has 15 heavy (non-hydrogen) atoms. The molecule has 0 fully saturated rings. The Hall–Kier alpha value is -2.16. The molecule has 1 N–H and O–H groups in total. The van der Waals surface area contributed by atoms with E-state index < -0.39 is 0 Å². The van der Waals surface area contributed by atoms with Gasteiger partial charge in [0, 0.05) is 35.1 Å². The zero-order valence-electron chi connectivity index (χ0n) is 7.94. The Kier molecular flexibility index (Phi) is 1.75. The molecule has 0 aliphatic carbocycles. The van der Waals surface area contributed by atoms with Gasteiger partial charge in [0.05, 0.1) is 6.20 Å². The monoisotopic (exact) mass is 194 g/mol. The molecule has 0 unspecified atom stereocenters. The van der Waals surface area contributed by atoms with Gasteiger partial charge in [0.1, 0.15) is 5.65 Å². The van der Waals surface area contributed by atoms with Gasteiger partial charge in [0.15, 0.2) is 0 Å². The van der Waals surface area contributed by atoms with Crippen LogP contribution in [0, 0.1) is 6.20 Å². The van der Waals surface area contributed by atoms with Crippen molar-refractivity contribution in [3.05, 3.63) is 49.1 Å². The van der Waals surface area contributed by atoms with Crippen molar-refractivity contribution in [2.45, 2.75) is 0 Å². The van der Waals surface area contributed by atoms with Gasteiger partial charge in [-0.3, -0.25) is 4.98 Å². The molecule has 0 atom stereocenters. The van der Waals surface area contributed by atoms with Crippen molar-refractivity contribution in [2.24, 2.45) is 0 Å². The lowest BCUT2D eigenvalue weighted by Crippen LogP contribution is -1.78. The van der Waals surface area contributed by atoms with Crippen LogP contribution in [0.5, 0.6) is 0 Å². The molecule has 0 aromatic carbocycles. The number of aromatic nitrogens is 3. The Morgan fingerprint density at radius 2 is 2.07 bits per heavy atom. The van der Waals surface area contributed by atoms with Crippen molar-refractivity contribution in [3.63, 3.8) is 0 Å². The lowest BCUT2D eigenvalue weighted by atomic mass is 10.1. The number of hydrogen-bond donors (Lipinski definition) is 1. The molecule has 0 bridgehead atoms. The first-order chi connectivity index (χ1) is 7.45. The minimum Gasteiger partial charge on any atom is -0.346 e. The maximum atomic E-state index is 4.24. The van der Waals surface area contributed by atoms with Gasteiger partial charge < -0.3 is 4.98 Å². The summed E-state index contributed by atoms with van der Waals surface area (Å²) in [5, 5.41) is 1.10. The fourth-order valence-corrected chi connectivity index (χ4v) is 1.66. The summed E-state index contributed by atoms with van der Waals surface area (Å²) in [7, 11) is 0. The van der Waals surface area contributed by atoms with Crippen LogP contribution in [0.4, 0.5) is 0 Å². The van der Waals surface area contributed by atoms with Gasteiger partial charge in [-0.1, -0.05) is 6.07 Å². The second-order valence-corrected chi connectivity index (χ2v) is 3.26. The summed E-state index contributed by atoms with van der Waals surface area (Å²) >= 11 is 0. The molecule has 0 aliphatic heterocycles. The summed E-state index contributed by atoms with van der Waals surface area (Å²) in [6.45, 7) is 0. The highest BCUT2D eigenvalue weighted by atomic mass is 14.8. The van der Waals surface area contributed by atoms with E-state index in [-0.39, 0.29) is 0 Å². The van der Waals surface area contributed by atoms with Crippen molar-refractivity contribution in [3.8, 4) is 11.1 Å². The first-order valence-electron chi connectivity index (χ1n) is 4.70. The Morgan fingerprint density at radius 3 is 2.93 bits per heavy atom. The highest BCUT2D eigenvalue weighted by Crippen LogP contribution is 2.25. The number of pyridine rings is 2. The van der Waals surface area contributed by atoms with Crippen molar-refractivity contribution >= 4 is 11.0 Å². The molecule has 3 aromatic heterocycles. The van der Waals surface area contributed by atoms with Crippen molar-refractivity contribution in [1.82, 2.24) is 15.0 Å². The minimum absolute atomic E-state index is 0.893. The minimum atomic E-state index is 0.893. The van der Waals surface area contributed by atoms with Crippen molar-refractivity contribution in [2.75, 3.05) is 0 Å². The summed E-state index contributed by atoms with van der Waals surface area (Å²) in [5.74, 6) is 0. The van der Waals surface area contributed by atoms with E-state index in [1.54, 1.807) is 12.4 Å². The third-order valence-corrected chi connectivity index (χ3v) is 2.35. The number of rotatable bonds is 1. The number of aromatic amines is 1. The molecule has 3 aromatic rings. The molecule has 0 spiro atoms. The number of H-pyrrole nitrogens is 1. The van der Waals surface area contributed by atoms with Crippen LogP contribution in [0.25, 0.3) is 22.2 Å². The fraction of sp³-hybridized carbons (Fsp3) is 0. The predicted molar refractivity (Wildman–Crippen MR) is 58.2 cm³/mol. The van der Waals surface area contributed by atoms with E-state index in [0.29, 0.717) is 0 Å². The third kappa shape index (κ3) is 1.29. The highest BCUT2D eigenvalue weighted by Gasteiger charge is 2.05. The number of hydrogen-bond acceptors (Lipinski definition) is 2. The fourth-order valence-electron chi connectivity index (χ4n) is 1.66. The van der Waals surface area contributed by atoms with Crippen LogP contribution in [-0.4, -0.2) is 15.0 Å². The quantitative estimate of drug-likeness (QED) is 0.646. The zero-order chi connectivity index (χ0) is 10.1. The molecule has 3 heterocycles. The second kappa shape index (κ2) is 3.20. The first kappa shape index (κ1) is 8.17. The standard InChI is InChI=1S/C12H8N3/c1-3-9(7-13-5-1)11-8-15-12-10(11)4-2-6-14-12/h1-6,8H,(H,14,15). The summed E-state index contributed by atoms with van der Waals surface area (Å²) in [6.07, 6.45) is 8.39. The van der Waals surface area contributed by atoms with E-state index in [1.807, 2.05) is 30.5 Å².